The number of benzene rings is 4. The molecule has 4 rings (SSSR count). The summed E-state index contributed by atoms with van der Waals surface area (Å²) in [6.07, 6.45) is 0. The number of hydrogen-bond acceptors (Lipinski definition) is 3. The number of hydrogen-bond donors (Lipinski definition) is 2. The van der Waals surface area contributed by atoms with Gasteiger partial charge in [0.25, 0.3) is 10.1 Å². The van der Waals surface area contributed by atoms with Gasteiger partial charge in [0.1, 0.15) is 5.75 Å². The van der Waals surface area contributed by atoms with Crippen molar-refractivity contribution >= 4 is 80.4 Å². The number of aromatic hydroxyl groups is 1. The van der Waals surface area contributed by atoms with E-state index in [1.54, 1.807) is 12.1 Å². The van der Waals surface area contributed by atoms with Gasteiger partial charge in [0.2, 0.25) is 0 Å². The molecule has 0 fully saturated rings. The third-order valence-electron chi connectivity index (χ3n) is 4.77. The zero-order chi connectivity index (χ0) is 20.4. The Morgan fingerprint density at radius 1 is 0.581 bits per heavy atom. The second-order valence-corrected chi connectivity index (χ2v) is 8.07. The summed E-state index contributed by atoms with van der Waals surface area (Å²) in [5.74, 6) is 0.181. The second kappa shape index (κ2) is 11.1. The van der Waals surface area contributed by atoms with E-state index in [0.29, 0.717) is 11.1 Å². The zero-order valence-electron chi connectivity index (χ0n) is 17.4. The van der Waals surface area contributed by atoms with Crippen molar-refractivity contribution in [2.45, 2.75) is 4.90 Å². The molecule has 0 heterocycles. The van der Waals surface area contributed by atoms with Gasteiger partial charge in [-0.1, -0.05) is 72.8 Å². The van der Waals surface area contributed by atoms with Gasteiger partial charge in [-0.05, 0) is 46.5 Å². The van der Waals surface area contributed by atoms with E-state index in [9.17, 15) is 18.1 Å². The van der Waals surface area contributed by atoms with E-state index in [4.69, 9.17) is 0 Å². The molecule has 0 atom stereocenters. The standard InChI is InChI=1S/C24H18O4S.K.Li/c25-24-22(18-7-3-1-4-8-18)15-20(16-23(24)19-9-5-2-6-10-19)17-11-13-21(14-12-17)29(26,27)28;;/h1-16,25H,(H,26,27,28);;. The maximum Gasteiger partial charge on any atom is 0.294 e. The summed E-state index contributed by atoms with van der Waals surface area (Å²) in [6, 6.07) is 28.9. The molecule has 7 heteroatoms. The molecule has 0 spiro atoms. The molecule has 0 amide bonds. The van der Waals surface area contributed by atoms with Crippen LogP contribution in [0.3, 0.4) is 0 Å². The Balaban J connectivity index is 0.00000171. The first-order chi connectivity index (χ1) is 13.9. The molecule has 0 unspecified atom stereocenters. The van der Waals surface area contributed by atoms with Gasteiger partial charge >= 0.3 is 0 Å². The molecule has 4 nitrogen and oxygen atoms in total. The van der Waals surface area contributed by atoms with Crippen molar-refractivity contribution in [3.8, 4) is 39.1 Å². The minimum atomic E-state index is -4.25. The van der Waals surface area contributed by atoms with Crippen LogP contribution in [-0.2, 0) is 10.1 Å². The SMILES string of the molecule is O=S(=O)(O)c1ccc(-c2cc(-c3ccccc3)c(O)c(-c3ccccc3)c2)cc1.[K].[Li]. The summed E-state index contributed by atoms with van der Waals surface area (Å²) in [7, 11) is -4.25. The van der Waals surface area contributed by atoms with E-state index < -0.39 is 10.1 Å². The number of phenolic OH excluding ortho intramolecular Hbond substituents is 1. The molecule has 4 aromatic carbocycles. The van der Waals surface area contributed by atoms with Crippen LogP contribution in [0.1, 0.15) is 0 Å². The van der Waals surface area contributed by atoms with E-state index in [2.05, 4.69) is 0 Å². The maximum atomic E-state index is 11.3. The van der Waals surface area contributed by atoms with Crippen LogP contribution < -0.4 is 0 Å². The molecule has 0 saturated carbocycles. The quantitative estimate of drug-likeness (QED) is 0.345. The first-order valence-corrected chi connectivity index (χ1v) is 10.4. The van der Waals surface area contributed by atoms with Gasteiger partial charge in [-0.15, -0.1) is 0 Å². The van der Waals surface area contributed by atoms with Crippen LogP contribution in [0.5, 0.6) is 5.75 Å². The average Bonchev–Trinajstić information content (AvgIpc) is 2.75. The van der Waals surface area contributed by atoms with Crippen molar-refractivity contribution < 1.29 is 18.1 Å². The minimum absolute atomic E-state index is 0. The van der Waals surface area contributed by atoms with Crippen LogP contribution >= 0.6 is 0 Å². The Morgan fingerprint density at radius 3 is 1.39 bits per heavy atom. The van der Waals surface area contributed by atoms with Crippen molar-refractivity contribution in [2.75, 3.05) is 0 Å². The first kappa shape index (κ1) is 26.1. The predicted molar refractivity (Wildman–Crippen MR) is 126 cm³/mol. The largest absolute Gasteiger partial charge is 0.507 e. The van der Waals surface area contributed by atoms with Crippen molar-refractivity contribution in [3.05, 3.63) is 97.1 Å². The Morgan fingerprint density at radius 2 is 1.00 bits per heavy atom. The van der Waals surface area contributed by atoms with Gasteiger partial charge in [0, 0.05) is 81.4 Å². The predicted octanol–water partition coefficient (Wildman–Crippen LogP) is 4.88. The third kappa shape index (κ3) is 5.99. The maximum absolute atomic E-state index is 11.3. The summed E-state index contributed by atoms with van der Waals surface area (Å²) in [6.45, 7) is 0. The Kier molecular flexibility index (Phi) is 9.34. The molecule has 2 N–H and O–H groups in total. The summed E-state index contributed by atoms with van der Waals surface area (Å²) in [4.78, 5) is -0.161. The molecule has 2 radical (unpaired) electrons. The summed E-state index contributed by atoms with van der Waals surface area (Å²) >= 11 is 0. The van der Waals surface area contributed by atoms with Crippen LogP contribution in [-0.4, -0.2) is 88.3 Å². The molecule has 0 bridgehead atoms. The van der Waals surface area contributed by atoms with E-state index in [0.717, 1.165) is 22.3 Å². The topological polar surface area (TPSA) is 74.6 Å². The molecule has 146 valence electrons. The molecule has 31 heavy (non-hydrogen) atoms. The third-order valence-corrected chi connectivity index (χ3v) is 5.63. The number of rotatable bonds is 4. The molecular formula is C24H18KLiO4S. The molecule has 0 aliphatic heterocycles. The van der Waals surface area contributed by atoms with Crippen molar-refractivity contribution in [1.82, 2.24) is 0 Å². The first-order valence-electron chi connectivity index (χ1n) is 8.99. The fourth-order valence-corrected chi connectivity index (χ4v) is 3.78. The molecular weight excluding hydrogens is 430 g/mol. The zero-order valence-corrected chi connectivity index (χ0v) is 21.3. The van der Waals surface area contributed by atoms with Crippen LogP contribution in [0, 0.1) is 0 Å². The van der Waals surface area contributed by atoms with Crippen LogP contribution in [0.4, 0.5) is 0 Å². The molecule has 0 aromatic heterocycles. The Labute approximate surface area is 236 Å². The fourth-order valence-electron chi connectivity index (χ4n) is 3.30. The van der Waals surface area contributed by atoms with Crippen LogP contribution in [0.25, 0.3) is 33.4 Å². The van der Waals surface area contributed by atoms with Crippen molar-refractivity contribution in [2.24, 2.45) is 0 Å². The van der Waals surface area contributed by atoms with Crippen molar-refractivity contribution in [1.29, 1.82) is 0 Å². The average molecular weight is 449 g/mol. The fraction of sp³-hybridized carbons (Fsp3) is 0. The van der Waals surface area contributed by atoms with Gasteiger partial charge in [-0.25, -0.2) is 0 Å². The Hall–Kier alpha value is -1.18. The normalized spacial score (nSPS) is 10.6. The van der Waals surface area contributed by atoms with Gasteiger partial charge in [-0.2, -0.15) is 8.42 Å². The minimum Gasteiger partial charge on any atom is -0.507 e. The number of phenols is 1. The van der Waals surface area contributed by atoms with Crippen molar-refractivity contribution in [3.63, 3.8) is 0 Å². The van der Waals surface area contributed by atoms with Crippen LogP contribution in [0.15, 0.2) is 102 Å². The Bertz CT molecular complexity index is 1200. The molecule has 0 aliphatic carbocycles. The molecule has 0 saturated heterocycles. The monoisotopic (exact) mass is 448 g/mol. The second-order valence-electron chi connectivity index (χ2n) is 6.65. The smallest absolute Gasteiger partial charge is 0.294 e. The molecule has 4 aromatic rings. The summed E-state index contributed by atoms with van der Waals surface area (Å²) < 4.78 is 31.9. The summed E-state index contributed by atoms with van der Waals surface area (Å²) in [5.41, 5.74) is 4.70. The molecule has 0 aliphatic rings. The van der Waals surface area contributed by atoms with E-state index in [1.165, 1.54) is 12.1 Å². The van der Waals surface area contributed by atoms with Gasteiger partial charge in [0.05, 0.1) is 4.90 Å². The summed E-state index contributed by atoms with van der Waals surface area (Å²) in [5, 5.41) is 11.0. The van der Waals surface area contributed by atoms with Gasteiger partial charge < -0.3 is 5.11 Å². The van der Waals surface area contributed by atoms with Gasteiger partial charge in [0.15, 0.2) is 0 Å². The van der Waals surface area contributed by atoms with Gasteiger partial charge in [-0.3, -0.25) is 4.55 Å². The van der Waals surface area contributed by atoms with E-state index in [1.807, 2.05) is 72.8 Å². The van der Waals surface area contributed by atoms with E-state index >= 15 is 0 Å². The van der Waals surface area contributed by atoms with Crippen LogP contribution in [0.2, 0.25) is 0 Å². The van der Waals surface area contributed by atoms with E-state index in [-0.39, 0.29) is 80.9 Å².